The van der Waals surface area contributed by atoms with Gasteiger partial charge in [0.25, 0.3) is 0 Å². The third kappa shape index (κ3) is 1.70. The minimum absolute atomic E-state index is 0.119. The maximum atomic E-state index is 10.2. The molecule has 2 aliphatic rings. The summed E-state index contributed by atoms with van der Waals surface area (Å²) in [5, 5.41) is 10.2. The van der Waals surface area contributed by atoms with Crippen molar-refractivity contribution in [1.29, 1.82) is 0 Å². The highest BCUT2D eigenvalue weighted by Crippen LogP contribution is 2.54. The van der Waals surface area contributed by atoms with Gasteiger partial charge in [-0.05, 0) is 50.7 Å². The summed E-state index contributed by atoms with van der Waals surface area (Å²) in [7, 11) is 0. The van der Waals surface area contributed by atoms with E-state index in [0.717, 1.165) is 17.2 Å². The Bertz CT molecular complexity index is 464. The molecule has 98 valence electrons. The maximum absolute atomic E-state index is 10.2. The van der Waals surface area contributed by atoms with E-state index in [1.165, 1.54) is 19.3 Å². The van der Waals surface area contributed by atoms with E-state index in [-0.39, 0.29) is 5.60 Å². The van der Waals surface area contributed by atoms with Crippen molar-refractivity contribution in [1.82, 2.24) is 0 Å². The molecule has 1 heterocycles. The van der Waals surface area contributed by atoms with Crippen molar-refractivity contribution in [2.24, 2.45) is 11.8 Å². The van der Waals surface area contributed by atoms with Gasteiger partial charge in [-0.15, -0.1) is 0 Å². The van der Waals surface area contributed by atoms with Gasteiger partial charge in [0, 0.05) is 11.5 Å². The van der Waals surface area contributed by atoms with Crippen LogP contribution >= 0.6 is 0 Å². The molecule has 18 heavy (non-hydrogen) atoms. The van der Waals surface area contributed by atoms with E-state index < -0.39 is 0 Å². The second-order valence-corrected chi connectivity index (χ2v) is 6.53. The van der Waals surface area contributed by atoms with Gasteiger partial charge in [0.1, 0.15) is 17.1 Å². The molecule has 1 aliphatic heterocycles. The van der Waals surface area contributed by atoms with E-state index in [0.29, 0.717) is 17.6 Å². The summed E-state index contributed by atoms with van der Waals surface area (Å²) in [4.78, 5) is 0. The Morgan fingerprint density at radius 2 is 2.06 bits per heavy atom. The maximum Gasteiger partial charge on any atom is 0.127 e. The van der Waals surface area contributed by atoms with E-state index in [4.69, 9.17) is 4.74 Å². The summed E-state index contributed by atoms with van der Waals surface area (Å²) < 4.78 is 6.14. The number of phenols is 1. The van der Waals surface area contributed by atoms with Crippen LogP contribution in [0.25, 0.3) is 0 Å². The lowest BCUT2D eigenvalue weighted by molar-refractivity contribution is -0.0145. The molecule has 1 saturated carbocycles. The van der Waals surface area contributed by atoms with Gasteiger partial charge < -0.3 is 9.84 Å². The quantitative estimate of drug-likeness (QED) is 0.747. The zero-order valence-electron chi connectivity index (χ0n) is 11.4. The fraction of sp³-hybridized carbons (Fsp3) is 0.625. The highest BCUT2D eigenvalue weighted by atomic mass is 16.5. The van der Waals surface area contributed by atoms with E-state index >= 15 is 0 Å². The van der Waals surface area contributed by atoms with Gasteiger partial charge in [0.15, 0.2) is 0 Å². The van der Waals surface area contributed by atoms with Crippen LogP contribution in [0, 0.1) is 11.8 Å². The lowest BCUT2D eigenvalue weighted by atomic mass is 9.64. The van der Waals surface area contributed by atoms with Crippen molar-refractivity contribution in [3.63, 3.8) is 0 Å². The number of phenolic OH excluding ortho intramolecular Hbond substituents is 1. The van der Waals surface area contributed by atoms with Crippen LogP contribution in [0.15, 0.2) is 18.2 Å². The van der Waals surface area contributed by atoms with Crippen molar-refractivity contribution in [2.75, 3.05) is 0 Å². The van der Waals surface area contributed by atoms with Gasteiger partial charge in [0.05, 0.1) is 0 Å². The fourth-order valence-corrected chi connectivity index (χ4v) is 3.89. The van der Waals surface area contributed by atoms with Crippen LogP contribution in [0.5, 0.6) is 11.5 Å². The standard InChI is InChI=1S/C16H22O2/c1-10-7-8-12-11(9-10)15-13(17)5-4-6-14(15)18-16(12,2)3/h4-6,10-12,17H,7-9H2,1-3H3/t10-,11-,12+/m1/s1. The third-order valence-electron chi connectivity index (χ3n) is 4.79. The van der Waals surface area contributed by atoms with Crippen molar-refractivity contribution >= 4 is 0 Å². The molecule has 0 saturated heterocycles. The zero-order valence-corrected chi connectivity index (χ0v) is 11.4. The minimum Gasteiger partial charge on any atom is -0.508 e. The number of ether oxygens (including phenoxy) is 1. The zero-order chi connectivity index (χ0) is 12.9. The van der Waals surface area contributed by atoms with Crippen molar-refractivity contribution in [3.8, 4) is 11.5 Å². The molecule has 1 aromatic rings. The average molecular weight is 246 g/mol. The normalized spacial score (nSPS) is 33.2. The SMILES string of the molecule is C[C@@H]1CC[C@H]2[C@@H](C1)c1c(O)cccc1OC2(C)C. The minimum atomic E-state index is -0.119. The predicted octanol–water partition coefficient (Wildman–Crippen LogP) is 4.08. The summed E-state index contributed by atoms with van der Waals surface area (Å²) in [5.41, 5.74) is 0.930. The van der Waals surface area contributed by atoms with Crippen LogP contribution in [0.1, 0.15) is 51.5 Å². The van der Waals surface area contributed by atoms with Crippen LogP contribution < -0.4 is 4.74 Å². The van der Waals surface area contributed by atoms with Crippen molar-refractivity contribution in [2.45, 2.75) is 51.6 Å². The van der Waals surface area contributed by atoms with Crippen LogP contribution in [-0.2, 0) is 0 Å². The number of rotatable bonds is 0. The molecule has 0 aromatic heterocycles. The molecule has 0 radical (unpaired) electrons. The number of hydrogen-bond acceptors (Lipinski definition) is 2. The van der Waals surface area contributed by atoms with Crippen LogP contribution in [-0.4, -0.2) is 10.7 Å². The molecule has 1 N–H and O–H groups in total. The molecule has 3 atom stereocenters. The number of aromatic hydroxyl groups is 1. The molecule has 0 unspecified atom stereocenters. The lowest BCUT2D eigenvalue weighted by Gasteiger charge is -2.48. The molecule has 2 heteroatoms. The van der Waals surface area contributed by atoms with Crippen LogP contribution in [0.3, 0.4) is 0 Å². The molecular formula is C16H22O2. The van der Waals surface area contributed by atoms with Gasteiger partial charge in [-0.2, -0.15) is 0 Å². The summed E-state index contributed by atoms with van der Waals surface area (Å²) in [5.74, 6) is 3.01. The number of benzene rings is 1. The highest BCUT2D eigenvalue weighted by molar-refractivity contribution is 5.49. The predicted molar refractivity (Wildman–Crippen MR) is 72.1 cm³/mol. The molecule has 1 aromatic carbocycles. The Kier molecular flexibility index (Phi) is 2.58. The summed E-state index contributed by atoms with van der Waals surface area (Å²) >= 11 is 0. The first-order valence-electron chi connectivity index (χ1n) is 7.00. The van der Waals surface area contributed by atoms with Crippen LogP contribution in [0.4, 0.5) is 0 Å². The third-order valence-corrected chi connectivity index (χ3v) is 4.79. The van der Waals surface area contributed by atoms with E-state index in [1.54, 1.807) is 6.07 Å². The fourth-order valence-electron chi connectivity index (χ4n) is 3.89. The largest absolute Gasteiger partial charge is 0.508 e. The average Bonchev–Trinajstić information content (AvgIpc) is 2.27. The molecule has 2 nitrogen and oxygen atoms in total. The van der Waals surface area contributed by atoms with E-state index in [2.05, 4.69) is 20.8 Å². The van der Waals surface area contributed by atoms with Gasteiger partial charge in [0.2, 0.25) is 0 Å². The van der Waals surface area contributed by atoms with Crippen molar-refractivity contribution < 1.29 is 9.84 Å². The Labute approximate surface area is 109 Å². The highest BCUT2D eigenvalue weighted by Gasteiger charge is 2.46. The number of fused-ring (bicyclic) bond motifs is 3. The van der Waals surface area contributed by atoms with E-state index in [1.807, 2.05) is 12.1 Å². The first kappa shape index (κ1) is 11.9. The molecule has 0 spiro atoms. The second-order valence-electron chi connectivity index (χ2n) is 6.53. The van der Waals surface area contributed by atoms with Crippen LogP contribution in [0.2, 0.25) is 0 Å². The molecular weight excluding hydrogens is 224 g/mol. The Hall–Kier alpha value is -1.18. The van der Waals surface area contributed by atoms with Gasteiger partial charge in [-0.3, -0.25) is 0 Å². The van der Waals surface area contributed by atoms with Gasteiger partial charge in [-0.1, -0.05) is 19.4 Å². The molecule has 0 amide bonds. The lowest BCUT2D eigenvalue weighted by Crippen LogP contribution is -2.46. The Balaban J connectivity index is 2.10. The molecule has 3 rings (SSSR count). The molecule has 1 fully saturated rings. The first-order valence-corrected chi connectivity index (χ1v) is 7.00. The smallest absolute Gasteiger partial charge is 0.127 e. The number of hydrogen-bond donors (Lipinski definition) is 1. The molecule has 0 bridgehead atoms. The molecule has 1 aliphatic carbocycles. The first-order chi connectivity index (χ1) is 8.49. The Morgan fingerprint density at radius 1 is 1.28 bits per heavy atom. The van der Waals surface area contributed by atoms with E-state index in [9.17, 15) is 5.11 Å². The summed E-state index contributed by atoms with van der Waals surface area (Å²) in [6.45, 7) is 6.69. The monoisotopic (exact) mass is 246 g/mol. The second kappa shape index (κ2) is 3.91. The summed E-state index contributed by atoms with van der Waals surface area (Å²) in [6.07, 6.45) is 3.64. The van der Waals surface area contributed by atoms with Gasteiger partial charge >= 0.3 is 0 Å². The summed E-state index contributed by atoms with van der Waals surface area (Å²) in [6, 6.07) is 5.65. The van der Waals surface area contributed by atoms with Crippen molar-refractivity contribution in [3.05, 3.63) is 23.8 Å². The Morgan fingerprint density at radius 3 is 2.83 bits per heavy atom. The topological polar surface area (TPSA) is 29.5 Å². The van der Waals surface area contributed by atoms with Gasteiger partial charge in [-0.25, -0.2) is 0 Å².